The zero-order valence-electron chi connectivity index (χ0n) is 17.6. The monoisotopic (exact) mass is 411 g/mol. The van der Waals surface area contributed by atoms with Gasteiger partial charge in [-0.2, -0.15) is 4.99 Å². The highest BCUT2D eigenvalue weighted by Crippen LogP contribution is 2.33. The molecule has 0 aliphatic carbocycles. The second-order valence-electron chi connectivity index (χ2n) is 8.33. The molecule has 1 saturated heterocycles. The minimum Gasteiger partial charge on any atom is -0.381 e. The van der Waals surface area contributed by atoms with E-state index in [1.165, 1.54) is 17.8 Å². The Balaban J connectivity index is 1.93. The number of allylic oxidation sites excluding steroid dienone is 2. The predicted molar refractivity (Wildman–Crippen MR) is 119 cm³/mol. The maximum Gasteiger partial charge on any atom is 0.239 e. The van der Waals surface area contributed by atoms with Gasteiger partial charge in [-0.1, -0.05) is 38.6 Å². The van der Waals surface area contributed by atoms with Gasteiger partial charge in [-0.15, -0.1) is 0 Å². The lowest BCUT2D eigenvalue weighted by molar-refractivity contribution is 0.0611. The van der Waals surface area contributed by atoms with Crippen molar-refractivity contribution in [2.75, 3.05) is 13.2 Å². The first-order valence-corrected chi connectivity index (χ1v) is 10.9. The molecule has 0 spiro atoms. The molecule has 1 aromatic heterocycles. The van der Waals surface area contributed by atoms with E-state index in [9.17, 15) is 4.79 Å². The summed E-state index contributed by atoms with van der Waals surface area (Å²) in [5.41, 5.74) is 2.19. The number of nitrogens with zero attached hydrogens (tertiary/aromatic N) is 3. The van der Waals surface area contributed by atoms with E-state index >= 15 is 0 Å². The van der Waals surface area contributed by atoms with Gasteiger partial charge in [-0.25, -0.2) is 9.78 Å². The molecular formula is C23H29N3O2S. The summed E-state index contributed by atoms with van der Waals surface area (Å²) in [7, 11) is 0. The number of benzene rings is 1. The summed E-state index contributed by atoms with van der Waals surface area (Å²) >= 11 is 1.63. The molecule has 1 aromatic carbocycles. The van der Waals surface area contributed by atoms with Crippen LogP contribution >= 0.6 is 11.8 Å². The molecule has 0 N–H and O–H groups in total. The Bertz CT molecular complexity index is 956. The van der Waals surface area contributed by atoms with E-state index in [1.54, 1.807) is 11.8 Å². The van der Waals surface area contributed by atoms with E-state index in [0.717, 1.165) is 53.7 Å². The number of fused-ring (bicyclic) bond motifs is 1. The van der Waals surface area contributed by atoms with E-state index in [0.29, 0.717) is 5.92 Å². The van der Waals surface area contributed by atoms with Crippen LogP contribution in [0.4, 0.5) is 0 Å². The molecule has 5 nitrogen and oxygen atoms in total. The number of rotatable bonds is 6. The third-order valence-corrected chi connectivity index (χ3v) is 6.16. The zero-order valence-corrected chi connectivity index (χ0v) is 18.5. The van der Waals surface area contributed by atoms with Crippen LogP contribution in [-0.4, -0.2) is 28.8 Å². The van der Waals surface area contributed by atoms with Crippen LogP contribution in [0.15, 0.2) is 51.3 Å². The van der Waals surface area contributed by atoms with Crippen molar-refractivity contribution in [1.82, 2.24) is 9.55 Å². The summed E-state index contributed by atoms with van der Waals surface area (Å²) < 4.78 is 7.95. The van der Waals surface area contributed by atoms with Gasteiger partial charge in [0.05, 0.1) is 11.0 Å². The van der Waals surface area contributed by atoms with Crippen LogP contribution in [-0.2, 0) is 21.5 Å². The summed E-state index contributed by atoms with van der Waals surface area (Å²) in [6.07, 6.45) is 9.01. The number of imidazole rings is 1. The molecule has 0 bridgehead atoms. The van der Waals surface area contributed by atoms with Crippen molar-refractivity contribution in [3.8, 4) is 0 Å². The minimum absolute atomic E-state index is 0.0262. The summed E-state index contributed by atoms with van der Waals surface area (Å²) in [4.78, 5) is 20.9. The third-order valence-electron chi connectivity index (χ3n) is 5.06. The van der Waals surface area contributed by atoms with Crippen LogP contribution in [0.3, 0.4) is 0 Å². The first-order valence-electron chi connectivity index (χ1n) is 10.1. The number of ether oxygens (including phenoxy) is 1. The molecule has 0 atom stereocenters. The molecular weight excluding hydrogens is 382 g/mol. The Morgan fingerprint density at radius 3 is 2.79 bits per heavy atom. The minimum atomic E-state index is -0.0262. The number of aliphatic imine (C=N–C) groups is 1. The van der Waals surface area contributed by atoms with Gasteiger partial charge in [0.2, 0.25) is 6.08 Å². The highest BCUT2D eigenvalue weighted by molar-refractivity contribution is 8.03. The van der Waals surface area contributed by atoms with E-state index in [4.69, 9.17) is 9.72 Å². The van der Waals surface area contributed by atoms with Gasteiger partial charge in [-0.3, -0.25) is 0 Å². The van der Waals surface area contributed by atoms with Crippen molar-refractivity contribution in [3.63, 3.8) is 0 Å². The Hall–Kier alpha value is -2.14. The van der Waals surface area contributed by atoms with E-state index in [-0.39, 0.29) is 5.41 Å². The Morgan fingerprint density at radius 1 is 1.38 bits per heavy atom. The molecule has 6 heteroatoms. The molecule has 29 heavy (non-hydrogen) atoms. The Labute approximate surface area is 176 Å². The number of hydrogen-bond donors (Lipinski definition) is 0. The van der Waals surface area contributed by atoms with E-state index in [2.05, 4.69) is 48.5 Å². The quantitative estimate of drug-likeness (QED) is 0.268. The molecule has 1 aliphatic heterocycles. The topological polar surface area (TPSA) is 56.5 Å². The fraction of sp³-hybridized carbons (Fsp3) is 0.478. The first kappa shape index (κ1) is 21.6. The maximum atomic E-state index is 10.3. The summed E-state index contributed by atoms with van der Waals surface area (Å²) in [5.74, 6) is 1.77. The average Bonchev–Trinajstić information content (AvgIpc) is 3.06. The number of aromatic nitrogens is 2. The summed E-state index contributed by atoms with van der Waals surface area (Å²) in [6.45, 7) is 11.3. The van der Waals surface area contributed by atoms with Crippen molar-refractivity contribution in [2.24, 2.45) is 10.9 Å². The molecule has 0 saturated carbocycles. The lowest BCUT2D eigenvalue weighted by Gasteiger charge is -2.26. The lowest BCUT2D eigenvalue weighted by Crippen LogP contribution is -2.25. The van der Waals surface area contributed by atoms with Crippen LogP contribution < -0.4 is 0 Å². The Morgan fingerprint density at radius 2 is 2.14 bits per heavy atom. The van der Waals surface area contributed by atoms with E-state index in [1.807, 2.05) is 19.1 Å². The molecule has 3 rings (SSSR count). The number of hydrogen-bond acceptors (Lipinski definition) is 5. The molecule has 2 heterocycles. The van der Waals surface area contributed by atoms with Crippen molar-refractivity contribution in [3.05, 3.63) is 47.3 Å². The predicted octanol–water partition coefficient (Wildman–Crippen LogP) is 5.61. The number of carbonyl (C=O) groups excluding carboxylic acids is 1. The van der Waals surface area contributed by atoms with Crippen molar-refractivity contribution >= 4 is 28.9 Å². The van der Waals surface area contributed by atoms with Crippen molar-refractivity contribution in [1.29, 1.82) is 0 Å². The highest BCUT2D eigenvalue weighted by Gasteiger charge is 2.25. The highest BCUT2D eigenvalue weighted by atomic mass is 32.2. The van der Waals surface area contributed by atoms with Crippen LogP contribution in [0.1, 0.15) is 46.4 Å². The molecule has 0 amide bonds. The average molecular weight is 412 g/mol. The van der Waals surface area contributed by atoms with Gasteiger partial charge < -0.3 is 9.30 Å². The largest absolute Gasteiger partial charge is 0.381 e. The fourth-order valence-electron chi connectivity index (χ4n) is 3.58. The lowest BCUT2D eigenvalue weighted by atomic mass is 9.94. The molecule has 154 valence electrons. The second-order valence-corrected chi connectivity index (χ2v) is 9.48. The van der Waals surface area contributed by atoms with Gasteiger partial charge in [0.15, 0.2) is 0 Å². The molecule has 0 unspecified atom stereocenters. The van der Waals surface area contributed by atoms with E-state index < -0.39 is 0 Å². The first-order chi connectivity index (χ1) is 13.9. The maximum absolute atomic E-state index is 10.3. The van der Waals surface area contributed by atoms with Gasteiger partial charge in [0, 0.05) is 41.2 Å². The van der Waals surface area contributed by atoms with Crippen LogP contribution in [0.2, 0.25) is 0 Å². The SMILES string of the molecule is C/C=C(\C=C/N=C=O)Sc1ccc2c(c1)nc(C(C)(C)C)n2CC1CCOCC1. The van der Waals surface area contributed by atoms with Crippen LogP contribution in [0.25, 0.3) is 11.0 Å². The normalized spacial score (nSPS) is 16.5. The standard InChI is InChI=1S/C23H29N3O2S/c1-5-18(8-11-24-16-27)29-19-6-7-21-20(14-19)25-22(23(2,3)4)26(21)15-17-9-12-28-13-10-17/h5-8,11,14,17H,9-10,12-13,15H2,1-4H3/b11-8-,18-5+. The second kappa shape index (κ2) is 9.57. The van der Waals surface area contributed by atoms with Crippen LogP contribution in [0.5, 0.6) is 0 Å². The smallest absolute Gasteiger partial charge is 0.239 e. The summed E-state index contributed by atoms with van der Waals surface area (Å²) in [5, 5.41) is 0. The number of isocyanates is 1. The molecule has 0 radical (unpaired) electrons. The molecule has 2 aromatic rings. The number of thioether (sulfide) groups is 1. The zero-order chi connectivity index (χ0) is 20.9. The fourth-order valence-corrected chi connectivity index (χ4v) is 4.41. The van der Waals surface area contributed by atoms with Gasteiger partial charge in [0.25, 0.3) is 0 Å². The van der Waals surface area contributed by atoms with Crippen LogP contribution in [0, 0.1) is 5.92 Å². The Kier molecular flexibility index (Phi) is 7.12. The van der Waals surface area contributed by atoms with Crippen molar-refractivity contribution < 1.29 is 9.53 Å². The molecule has 1 fully saturated rings. The summed E-state index contributed by atoms with van der Waals surface area (Å²) in [6, 6.07) is 6.47. The molecule has 1 aliphatic rings. The van der Waals surface area contributed by atoms with Crippen molar-refractivity contribution in [2.45, 2.75) is 57.4 Å². The van der Waals surface area contributed by atoms with Gasteiger partial charge >= 0.3 is 0 Å². The third kappa shape index (κ3) is 5.47. The van der Waals surface area contributed by atoms with Gasteiger partial charge in [0.1, 0.15) is 5.82 Å². The van der Waals surface area contributed by atoms with Gasteiger partial charge in [-0.05, 0) is 50.0 Å².